The maximum absolute atomic E-state index is 6.43. The van der Waals surface area contributed by atoms with Crippen LogP contribution in [0.5, 0.6) is 0 Å². The van der Waals surface area contributed by atoms with Gasteiger partial charge >= 0.3 is 0 Å². The SMILES string of the molecule is COCCC1(c2nc(C3(N)CCCC3)no2)CCCC1. The van der Waals surface area contributed by atoms with Gasteiger partial charge in [0.1, 0.15) is 0 Å². The Hall–Kier alpha value is -0.940. The van der Waals surface area contributed by atoms with Gasteiger partial charge in [-0.15, -0.1) is 0 Å². The fourth-order valence-electron chi connectivity index (χ4n) is 3.79. The number of methoxy groups -OCH3 is 1. The number of ether oxygens (including phenoxy) is 1. The number of rotatable bonds is 5. The summed E-state index contributed by atoms with van der Waals surface area (Å²) in [6, 6.07) is 0. The van der Waals surface area contributed by atoms with Gasteiger partial charge in [-0.2, -0.15) is 4.98 Å². The van der Waals surface area contributed by atoms with Crippen LogP contribution in [0.1, 0.15) is 69.5 Å². The molecule has 0 atom stereocenters. The largest absolute Gasteiger partial charge is 0.385 e. The van der Waals surface area contributed by atoms with Crippen molar-refractivity contribution in [1.82, 2.24) is 10.1 Å². The predicted octanol–water partition coefficient (Wildman–Crippen LogP) is 2.65. The zero-order valence-corrected chi connectivity index (χ0v) is 12.4. The molecule has 0 aliphatic heterocycles. The molecule has 0 bridgehead atoms. The maximum atomic E-state index is 6.43. The fourth-order valence-corrected chi connectivity index (χ4v) is 3.79. The van der Waals surface area contributed by atoms with E-state index in [2.05, 4.69) is 5.16 Å². The van der Waals surface area contributed by atoms with Gasteiger partial charge in [0.05, 0.1) is 11.0 Å². The van der Waals surface area contributed by atoms with Crippen molar-refractivity contribution < 1.29 is 9.26 Å². The molecule has 1 aromatic rings. The lowest BCUT2D eigenvalue weighted by Crippen LogP contribution is -2.34. The second-order valence-electron chi connectivity index (χ2n) is 6.52. The zero-order valence-electron chi connectivity index (χ0n) is 12.4. The molecule has 0 spiro atoms. The van der Waals surface area contributed by atoms with E-state index in [0.717, 1.165) is 57.4 Å². The summed E-state index contributed by atoms with van der Waals surface area (Å²) in [7, 11) is 1.75. The number of nitrogens with two attached hydrogens (primary N) is 1. The van der Waals surface area contributed by atoms with E-state index in [4.69, 9.17) is 20.0 Å². The van der Waals surface area contributed by atoms with E-state index >= 15 is 0 Å². The van der Waals surface area contributed by atoms with Gasteiger partial charge in [0.25, 0.3) is 0 Å². The average Bonchev–Trinajstić information content (AvgIpc) is 3.17. The summed E-state index contributed by atoms with van der Waals surface area (Å²) >= 11 is 0. The molecule has 112 valence electrons. The van der Waals surface area contributed by atoms with Crippen LogP contribution < -0.4 is 5.73 Å². The van der Waals surface area contributed by atoms with E-state index in [0.29, 0.717) is 5.82 Å². The van der Waals surface area contributed by atoms with Gasteiger partial charge in [0.2, 0.25) is 5.89 Å². The van der Waals surface area contributed by atoms with Gasteiger partial charge in [0, 0.05) is 13.7 Å². The Morgan fingerprint density at radius 3 is 2.45 bits per heavy atom. The summed E-state index contributed by atoms with van der Waals surface area (Å²) in [6.45, 7) is 0.742. The summed E-state index contributed by atoms with van der Waals surface area (Å²) in [5.41, 5.74) is 6.09. The van der Waals surface area contributed by atoms with Gasteiger partial charge < -0.3 is 15.0 Å². The molecule has 2 saturated carbocycles. The summed E-state index contributed by atoms with van der Waals surface area (Å²) in [5, 5.41) is 4.22. The van der Waals surface area contributed by atoms with Crippen LogP contribution in [0, 0.1) is 0 Å². The van der Waals surface area contributed by atoms with Gasteiger partial charge in [0.15, 0.2) is 5.82 Å². The Morgan fingerprint density at radius 2 is 1.80 bits per heavy atom. The van der Waals surface area contributed by atoms with E-state index < -0.39 is 0 Å². The third-order valence-electron chi connectivity index (χ3n) is 5.17. The Labute approximate surface area is 120 Å². The predicted molar refractivity (Wildman–Crippen MR) is 75.3 cm³/mol. The summed E-state index contributed by atoms with van der Waals surface area (Å²) < 4.78 is 10.9. The maximum Gasteiger partial charge on any atom is 0.233 e. The topological polar surface area (TPSA) is 74.2 Å². The fraction of sp³-hybridized carbons (Fsp3) is 0.867. The highest BCUT2D eigenvalue weighted by Gasteiger charge is 2.43. The Kier molecular flexibility index (Phi) is 3.82. The minimum Gasteiger partial charge on any atom is -0.385 e. The van der Waals surface area contributed by atoms with Crippen LogP contribution in [0.4, 0.5) is 0 Å². The second kappa shape index (κ2) is 5.45. The monoisotopic (exact) mass is 279 g/mol. The van der Waals surface area contributed by atoms with E-state index in [-0.39, 0.29) is 11.0 Å². The van der Waals surface area contributed by atoms with Crippen LogP contribution in [0.25, 0.3) is 0 Å². The normalized spacial score (nSPS) is 24.3. The van der Waals surface area contributed by atoms with Crippen LogP contribution in [0.15, 0.2) is 4.52 Å². The molecule has 1 heterocycles. The van der Waals surface area contributed by atoms with Crippen molar-refractivity contribution in [2.24, 2.45) is 5.73 Å². The lowest BCUT2D eigenvalue weighted by Gasteiger charge is -2.24. The molecular formula is C15H25N3O2. The minimum atomic E-state index is -0.358. The molecule has 0 radical (unpaired) electrons. The zero-order chi connectivity index (χ0) is 14.1. The Bertz CT molecular complexity index is 446. The molecule has 2 fully saturated rings. The highest BCUT2D eigenvalue weighted by Crippen LogP contribution is 2.44. The van der Waals surface area contributed by atoms with Crippen molar-refractivity contribution >= 4 is 0 Å². The summed E-state index contributed by atoms with van der Waals surface area (Å²) in [4.78, 5) is 4.71. The van der Waals surface area contributed by atoms with Crippen LogP contribution in [0.3, 0.4) is 0 Å². The molecule has 3 rings (SSSR count). The molecular weight excluding hydrogens is 254 g/mol. The van der Waals surface area contributed by atoms with E-state index in [9.17, 15) is 0 Å². The molecule has 5 nitrogen and oxygen atoms in total. The molecule has 0 saturated heterocycles. The van der Waals surface area contributed by atoms with E-state index in [1.807, 2.05) is 0 Å². The Morgan fingerprint density at radius 1 is 1.15 bits per heavy atom. The Balaban J connectivity index is 1.83. The van der Waals surface area contributed by atoms with Crippen molar-refractivity contribution in [2.75, 3.05) is 13.7 Å². The van der Waals surface area contributed by atoms with E-state index in [1.165, 1.54) is 12.8 Å². The van der Waals surface area contributed by atoms with Crippen molar-refractivity contribution in [3.8, 4) is 0 Å². The van der Waals surface area contributed by atoms with Crippen LogP contribution in [0.2, 0.25) is 0 Å². The van der Waals surface area contributed by atoms with Gasteiger partial charge in [-0.05, 0) is 32.1 Å². The third kappa shape index (κ3) is 2.37. The first kappa shape index (κ1) is 14.0. The van der Waals surface area contributed by atoms with Crippen LogP contribution in [-0.4, -0.2) is 23.9 Å². The molecule has 1 aromatic heterocycles. The standard InChI is InChI=1S/C15H25N3O2/c1-19-11-10-14(6-2-3-7-14)13-17-12(18-20-13)15(16)8-4-5-9-15/h2-11,16H2,1H3. The van der Waals surface area contributed by atoms with Crippen molar-refractivity contribution in [2.45, 2.75) is 68.7 Å². The summed E-state index contributed by atoms with van der Waals surface area (Å²) in [6.07, 6.45) is 9.93. The highest BCUT2D eigenvalue weighted by atomic mass is 16.5. The first-order valence-corrected chi connectivity index (χ1v) is 7.81. The number of hydrogen-bond donors (Lipinski definition) is 1. The summed E-state index contributed by atoms with van der Waals surface area (Å²) in [5.74, 6) is 1.51. The van der Waals surface area contributed by atoms with Crippen molar-refractivity contribution in [1.29, 1.82) is 0 Å². The van der Waals surface area contributed by atoms with Crippen LogP contribution >= 0.6 is 0 Å². The van der Waals surface area contributed by atoms with Gasteiger partial charge in [-0.3, -0.25) is 0 Å². The molecule has 2 aliphatic rings. The average molecular weight is 279 g/mol. The minimum absolute atomic E-state index is 0.0240. The number of aromatic nitrogens is 2. The lowest BCUT2D eigenvalue weighted by atomic mass is 9.82. The molecule has 0 aromatic carbocycles. The molecule has 5 heteroatoms. The molecule has 2 N–H and O–H groups in total. The third-order valence-corrected chi connectivity index (χ3v) is 5.17. The van der Waals surface area contributed by atoms with E-state index in [1.54, 1.807) is 7.11 Å². The quantitative estimate of drug-likeness (QED) is 0.897. The van der Waals surface area contributed by atoms with Gasteiger partial charge in [-0.25, -0.2) is 0 Å². The van der Waals surface area contributed by atoms with Gasteiger partial charge in [-0.1, -0.05) is 30.8 Å². The first-order valence-electron chi connectivity index (χ1n) is 7.81. The lowest BCUT2D eigenvalue weighted by molar-refractivity contribution is 0.152. The molecule has 0 amide bonds. The first-order chi connectivity index (χ1) is 9.69. The van der Waals surface area contributed by atoms with Crippen molar-refractivity contribution in [3.63, 3.8) is 0 Å². The smallest absolute Gasteiger partial charge is 0.233 e. The van der Waals surface area contributed by atoms with Crippen LogP contribution in [-0.2, 0) is 15.7 Å². The number of nitrogens with zero attached hydrogens (tertiary/aromatic N) is 2. The molecule has 2 aliphatic carbocycles. The second-order valence-corrected chi connectivity index (χ2v) is 6.52. The molecule has 0 unspecified atom stereocenters. The van der Waals surface area contributed by atoms with Crippen molar-refractivity contribution in [3.05, 3.63) is 11.7 Å². The molecule has 20 heavy (non-hydrogen) atoms. The number of hydrogen-bond acceptors (Lipinski definition) is 5. The highest BCUT2D eigenvalue weighted by molar-refractivity contribution is 5.13.